The number of unbranched alkanes of at least 4 members (excludes halogenated alkanes) is 3. The lowest BCUT2D eigenvalue weighted by molar-refractivity contribution is -0.123. The monoisotopic (exact) mass is 251 g/mol. The summed E-state index contributed by atoms with van der Waals surface area (Å²) < 4.78 is 0. The number of hydrogen-bond donors (Lipinski definition) is 1. The lowest BCUT2D eigenvalue weighted by atomic mass is 10.2. The van der Waals surface area contributed by atoms with Gasteiger partial charge in [0.2, 0.25) is 5.91 Å². The Labute approximate surface area is 103 Å². The third-order valence-electron chi connectivity index (χ3n) is 2.25. The highest BCUT2D eigenvalue weighted by molar-refractivity contribution is 7.98. The topological polar surface area (TPSA) is 29.1 Å². The molecular weight excluding hydrogens is 230 g/mol. The van der Waals surface area contributed by atoms with E-state index in [2.05, 4.69) is 11.6 Å². The number of nitrogens with one attached hydrogen (secondary N) is 1. The molecule has 0 bridgehead atoms. The fourth-order valence-electron chi connectivity index (χ4n) is 1.18. The van der Waals surface area contributed by atoms with Gasteiger partial charge in [-0.05, 0) is 24.9 Å². The van der Waals surface area contributed by atoms with Crippen molar-refractivity contribution in [2.45, 2.75) is 32.6 Å². The Balaban J connectivity index is 3.20. The van der Waals surface area contributed by atoms with E-state index >= 15 is 0 Å². The van der Waals surface area contributed by atoms with Crippen LogP contribution in [0.3, 0.4) is 0 Å². The van der Waals surface area contributed by atoms with Gasteiger partial charge in [0.15, 0.2) is 0 Å². The second-order valence-corrected chi connectivity index (χ2v) is 5.05. The molecule has 0 heterocycles. The normalized spacial score (nSPS) is 12.5. The number of hydrogen-bond acceptors (Lipinski definition) is 2. The molecule has 0 spiro atoms. The first-order chi connectivity index (χ1) is 7.22. The van der Waals surface area contributed by atoms with E-state index in [1.165, 1.54) is 25.0 Å². The standard InChI is InChI=1S/C11H22ClNOS/c1-10(9-12)11(14)13-7-5-3-4-6-8-15-2/h10H,3-9H2,1-2H3,(H,13,14). The van der Waals surface area contributed by atoms with Crippen LogP contribution in [0.5, 0.6) is 0 Å². The van der Waals surface area contributed by atoms with Gasteiger partial charge in [-0.25, -0.2) is 0 Å². The minimum absolute atomic E-state index is 0.0665. The molecule has 15 heavy (non-hydrogen) atoms. The minimum Gasteiger partial charge on any atom is -0.356 e. The van der Waals surface area contributed by atoms with Crippen LogP contribution in [0, 0.1) is 5.92 Å². The smallest absolute Gasteiger partial charge is 0.224 e. The lowest BCUT2D eigenvalue weighted by Crippen LogP contribution is -2.30. The van der Waals surface area contributed by atoms with Gasteiger partial charge in [0.25, 0.3) is 0 Å². The maximum absolute atomic E-state index is 11.3. The van der Waals surface area contributed by atoms with Crippen LogP contribution in [-0.2, 0) is 4.79 Å². The van der Waals surface area contributed by atoms with Crippen LogP contribution in [0.25, 0.3) is 0 Å². The third-order valence-corrected chi connectivity index (χ3v) is 3.41. The Hall–Kier alpha value is 0.110. The van der Waals surface area contributed by atoms with Crippen LogP contribution in [0.2, 0.25) is 0 Å². The average Bonchev–Trinajstić information content (AvgIpc) is 2.26. The van der Waals surface area contributed by atoms with Crippen LogP contribution in [0.4, 0.5) is 0 Å². The molecule has 90 valence electrons. The average molecular weight is 252 g/mol. The van der Waals surface area contributed by atoms with Crippen molar-refractivity contribution in [1.29, 1.82) is 0 Å². The molecule has 0 aliphatic rings. The zero-order chi connectivity index (χ0) is 11.5. The summed E-state index contributed by atoms with van der Waals surface area (Å²) in [6.45, 7) is 2.64. The summed E-state index contributed by atoms with van der Waals surface area (Å²) in [5.74, 6) is 1.66. The molecule has 0 saturated heterocycles. The second kappa shape index (κ2) is 10.6. The largest absolute Gasteiger partial charge is 0.356 e. The number of thioether (sulfide) groups is 1. The van der Waals surface area contributed by atoms with E-state index in [1.54, 1.807) is 0 Å². The van der Waals surface area contributed by atoms with Crippen molar-refractivity contribution in [2.24, 2.45) is 5.92 Å². The highest BCUT2D eigenvalue weighted by Gasteiger charge is 2.09. The molecule has 2 nitrogen and oxygen atoms in total. The first kappa shape index (κ1) is 15.1. The van der Waals surface area contributed by atoms with Crippen molar-refractivity contribution >= 4 is 29.3 Å². The summed E-state index contributed by atoms with van der Waals surface area (Å²) in [7, 11) is 0. The van der Waals surface area contributed by atoms with Crippen LogP contribution in [0.1, 0.15) is 32.6 Å². The molecule has 1 amide bonds. The molecule has 1 atom stereocenters. The number of rotatable bonds is 9. The van der Waals surface area contributed by atoms with Crippen molar-refractivity contribution in [3.63, 3.8) is 0 Å². The first-order valence-corrected chi connectivity index (χ1v) is 7.47. The summed E-state index contributed by atoms with van der Waals surface area (Å²) >= 11 is 7.47. The summed E-state index contributed by atoms with van der Waals surface area (Å²) in [6.07, 6.45) is 6.97. The van der Waals surface area contributed by atoms with Gasteiger partial charge in [-0.3, -0.25) is 4.79 Å². The van der Waals surface area contributed by atoms with Gasteiger partial charge in [0, 0.05) is 18.3 Å². The second-order valence-electron chi connectivity index (χ2n) is 3.75. The minimum atomic E-state index is -0.0665. The maximum Gasteiger partial charge on any atom is 0.224 e. The van der Waals surface area contributed by atoms with Crippen molar-refractivity contribution in [3.05, 3.63) is 0 Å². The number of carbonyl (C=O) groups excluding carboxylic acids is 1. The van der Waals surface area contributed by atoms with E-state index in [1.807, 2.05) is 18.7 Å². The van der Waals surface area contributed by atoms with E-state index < -0.39 is 0 Å². The molecule has 1 N–H and O–H groups in total. The summed E-state index contributed by atoms with van der Waals surface area (Å²) in [6, 6.07) is 0. The maximum atomic E-state index is 11.3. The van der Waals surface area contributed by atoms with E-state index in [9.17, 15) is 4.79 Å². The highest BCUT2D eigenvalue weighted by atomic mass is 35.5. The van der Waals surface area contributed by atoms with E-state index in [4.69, 9.17) is 11.6 Å². The molecule has 0 aromatic heterocycles. The lowest BCUT2D eigenvalue weighted by Gasteiger charge is -2.08. The van der Waals surface area contributed by atoms with Crippen molar-refractivity contribution < 1.29 is 4.79 Å². The molecule has 0 aliphatic heterocycles. The fraction of sp³-hybridized carbons (Fsp3) is 0.909. The first-order valence-electron chi connectivity index (χ1n) is 5.55. The van der Waals surface area contributed by atoms with Crippen LogP contribution >= 0.6 is 23.4 Å². The highest BCUT2D eigenvalue weighted by Crippen LogP contribution is 2.04. The number of alkyl halides is 1. The molecule has 0 fully saturated rings. The summed E-state index contributed by atoms with van der Waals surface area (Å²) in [5, 5.41) is 2.90. The molecule has 0 aromatic rings. The van der Waals surface area contributed by atoms with Crippen molar-refractivity contribution in [2.75, 3.05) is 24.4 Å². The van der Waals surface area contributed by atoms with E-state index in [-0.39, 0.29) is 11.8 Å². The fourth-order valence-corrected chi connectivity index (χ4v) is 1.81. The SMILES string of the molecule is CSCCCCCCNC(=O)C(C)CCl. The van der Waals surface area contributed by atoms with Gasteiger partial charge in [-0.2, -0.15) is 11.8 Å². The third kappa shape index (κ3) is 9.06. The van der Waals surface area contributed by atoms with Gasteiger partial charge in [0.05, 0.1) is 0 Å². The summed E-state index contributed by atoms with van der Waals surface area (Å²) in [5.41, 5.74) is 0. The van der Waals surface area contributed by atoms with E-state index in [0.29, 0.717) is 5.88 Å². The Morgan fingerprint density at radius 2 is 2.00 bits per heavy atom. The predicted octanol–water partition coefficient (Wildman–Crippen LogP) is 2.90. The molecular formula is C11H22ClNOS. The van der Waals surface area contributed by atoms with Crippen LogP contribution < -0.4 is 5.32 Å². The Morgan fingerprint density at radius 1 is 1.33 bits per heavy atom. The molecule has 0 rings (SSSR count). The zero-order valence-electron chi connectivity index (χ0n) is 9.72. The number of carbonyl (C=O) groups is 1. The van der Waals surface area contributed by atoms with Crippen molar-refractivity contribution in [3.8, 4) is 0 Å². The summed E-state index contributed by atoms with van der Waals surface area (Å²) in [4.78, 5) is 11.3. The van der Waals surface area contributed by atoms with Gasteiger partial charge in [0.1, 0.15) is 0 Å². The predicted molar refractivity (Wildman–Crippen MR) is 69.7 cm³/mol. The Bertz CT molecular complexity index is 167. The Morgan fingerprint density at radius 3 is 2.60 bits per heavy atom. The van der Waals surface area contributed by atoms with Crippen LogP contribution in [0.15, 0.2) is 0 Å². The molecule has 0 saturated carbocycles. The van der Waals surface area contributed by atoms with Gasteiger partial charge in [-0.1, -0.05) is 19.8 Å². The molecule has 1 unspecified atom stereocenters. The number of halogens is 1. The van der Waals surface area contributed by atoms with Crippen molar-refractivity contribution in [1.82, 2.24) is 5.32 Å². The van der Waals surface area contributed by atoms with Gasteiger partial charge in [-0.15, -0.1) is 11.6 Å². The number of amides is 1. The molecule has 0 radical (unpaired) electrons. The zero-order valence-corrected chi connectivity index (χ0v) is 11.3. The molecule has 4 heteroatoms. The molecule has 0 aromatic carbocycles. The molecule has 0 aliphatic carbocycles. The van der Waals surface area contributed by atoms with Gasteiger partial charge >= 0.3 is 0 Å². The van der Waals surface area contributed by atoms with Gasteiger partial charge < -0.3 is 5.32 Å². The quantitative estimate of drug-likeness (QED) is 0.504. The van der Waals surface area contributed by atoms with E-state index in [0.717, 1.165) is 13.0 Å². The van der Waals surface area contributed by atoms with Crippen LogP contribution in [-0.4, -0.2) is 30.3 Å². The Kier molecular flexibility index (Phi) is 10.7.